The average molecular weight is 416 g/mol. The van der Waals surface area contributed by atoms with Crippen LogP contribution in [-0.4, -0.2) is 40.1 Å². The van der Waals surface area contributed by atoms with E-state index in [-0.39, 0.29) is 5.56 Å². The highest BCUT2D eigenvalue weighted by Crippen LogP contribution is 2.17. The van der Waals surface area contributed by atoms with Crippen molar-refractivity contribution in [3.63, 3.8) is 0 Å². The van der Waals surface area contributed by atoms with Crippen molar-refractivity contribution in [1.82, 2.24) is 9.55 Å². The maximum atomic E-state index is 12.3. The Hall–Kier alpha value is -2.67. The number of hydrogen-bond acceptors (Lipinski definition) is 5. The molecule has 0 saturated heterocycles. The Kier molecular flexibility index (Phi) is 9.54. The topological polar surface area (TPSA) is 96.7 Å². The van der Waals surface area contributed by atoms with E-state index < -0.39 is 17.1 Å². The molecular formula is C23H33N3O4. The van der Waals surface area contributed by atoms with Crippen LogP contribution in [0.4, 0.5) is 0 Å². The van der Waals surface area contributed by atoms with E-state index >= 15 is 0 Å². The summed E-state index contributed by atoms with van der Waals surface area (Å²) in [6.45, 7) is 7.88. The van der Waals surface area contributed by atoms with Gasteiger partial charge >= 0.3 is 5.69 Å². The van der Waals surface area contributed by atoms with Crippen LogP contribution in [0.1, 0.15) is 58.4 Å². The molecule has 0 saturated carbocycles. The van der Waals surface area contributed by atoms with E-state index in [9.17, 15) is 14.7 Å². The number of aromatic amines is 1. The van der Waals surface area contributed by atoms with Crippen molar-refractivity contribution in [1.29, 1.82) is 0 Å². The van der Waals surface area contributed by atoms with Gasteiger partial charge in [-0.3, -0.25) is 14.8 Å². The lowest BCUT2D eigenvalue weighted by molar-refractivity contribution is 0.0933. The second kappa shape index (κ2) is 12.1. The first-order valence-corrected chi connectivity index (χ1v) is 10.7. The van der Waals surface area contributed by atoms with E-state index in [1.807, 2.05) is 0 Å². The van der Waals surface area contributed by atoms with Crippen LogP contribution in [0.5, 0.6) is 5.88 Å². The molecular weight excluding hydrogens is 382 g/mol. The molecule has 1 heterocycles. The number of nitrogens with zero attached hydrogens (tertiary/aromatic N) is 2. The summed E-state index contributed by atoms with van der Waals surface area (Å²) in [5, 5.41) is 10.6. The molecule has 164 valence electrons. The first-order valence-electron chi connectivity index (χ1n) is 10.7. The number of aromatic nitrogens is 2. The molecule has 0 bridgehead atoms. The molecule has 1 aromatic heterocycles. The summed E-state index contributed by atoms with van der Waals surface area (Å²) < 4.78 is 6.85. The van der Waals surface area contributed by atoms with Gasteiger partial charge in [0, 0.05) is 25.5 Å². The van der Waals surface area contributed by atoms with Crippen LogP contribution in [0.15, 0.2) is 44.9 Å². The Balaban J connectivity index is 2.01. The minimum Gasteiger partial charge on any atom is -0.493 e. The molecule has 0 aliphatic heterocycles. The van der Waals surface area contributed by atoms with Gasteiger partial charge in [-0.2, -0.15) is 0 Å². The molecule has 30 heavy (non-hydrogen) atoms. The SMILES string of the molecule is CCCC[C@@H](CC)COCCCN=C(C)c1c(O)n(-c2ccccc2)c(=O)[nH]c1=O. The Morgan fingerprint density at radius 2 is 1.93 bits per heavy atom. The predicted octanol–water partition coefficient (Wildman–Crippen LogP) is 3.66. The number of rotatable bonds is 12. The molecule has 2 rings (SSSR count). The zero-order valence-electron chi connectivity index (χ0n) is 18.2. The third kappa shape index (κ3) is 6.42. The van der Waals surface area contributed by atoms with E-state index in [0.29, 0.717) is 30.5 Å². The highest BCUT2D eigenvalue weighted by atomic mass is 16.5. The summed E-state index contributed by atoms with van der Waals surface area (Å²) in [7, 11) is 0. The number of aliphatic imine (C=N–C) groups is 1. The number of H-pyrrole nitrogens is 1. The molecule has 1 atom stereocenters. The van der Waals surface area contributed by atoms with Gasteiger partial charge in [0.05, 0.1) is 5.69 Å². The van der Waals surface area contributed by atoms with Crippen LogP contribution in [0.3, 0.4) is 0 Å². The van der Waals surface area contributed by atoms with Crippen molar-refractivity contribution < 1.29 is 9.84 Å². The van der Waals surface area contributed by atoms with E-state index in [2.05, 4.69) is 23.8 Å². The molecule has 7 nitrogen and oxygen atoms in total. The number of nitrogens with one attached hydrogen (secondary N) is 1. The Morgan fingerprint density at radius 3 is 2.60 bits per heavy atom. The fraction of sp³-hybridized carbons (Fsp3) is 0.522. The highest BCUT2D eigenvalue weighted by Gasteiger charge is 2.17. The third-order valence-corrected chi connectivity index (χ3v) is 5.15. The zero-order valence-corrected chi connectivity index (χ0v) is 18.2. The molecule has 1 aromatic carbocycles. The summed E-state index contributed by atoms with van der Waals surface area (Å²) in [5.41, 5.74) is -0.490. The van der Waals surface area contributed by atoms with Crippen molar-refractivity contribution in [2.24, 2.45) is 10.9 Å². The van der Waals surface area contributed by atoms with Crippen LogP contribution < -0.4 is 11.2 Å². The number of benzene rings is 1. The van der Waals surface area contributed by atoms with Crippen molar-refractivity contribution in [3.05, 3.63) is 56.7 Å². The molecule has 2 N–H and O–H groups in total. The van der Waals surface area contributed by atoms with Crippen LogP contribution >= 0.6 is 0 Å². The highest BCUT2D eigenvalue weighted by molar-refractivity contribution is 6.00. The molecule has 7 heteroatoms. The first-order chi connectivity index (χ1) is 14.5. The van der Waals surface area contributed by atoms with Gasteiger partial charge in [-0.15, -0.1) is 0 Å². The van der Waals surface area contributed by atoms with Gasteiger partial charge in [-0.05, 0) is 37.8 Å². The number of para-hydroxylation sites is 1. The van der Waals surface area contributed by atoms with E-state index in [1.54, 1.807) is 37.3 Å². The normalized spacial score (nSPS) is 12.8. The number of aromatic hydroxyl groups is 1. The Bertz CT molecular complexity index is 932. The number of unbranched alkanes of at least 4 members (excludes halogenated alkanes) is 1. The van der Waals surface area contributed by atoms with Crippen molar-refractivity contribution in [2.75, 3.05) is 19.8 Å². The van der Waals surface area contributed by atoms with Crippen LogP contribution in [0, 0.1) is 5.92 Å². The smallest absolute Gasteiger partial charge is 0.335 e. The van der Waals surface area contributed by atoms with Gasteiger partial charge in [-0.25, -0.2) is 9.36 Å². The molecule has 2 aromatic rings. The lowest BCUT2D eigenvalue weighted by Crippen LogP contribution is -2.32. The zero-order chi connectivity index (χ0) is 21.9. The largest absolute Gasteiger partial charge is 0.493 e. The minimum absolute atomic E-state index is 0.00461. The van der Waals surface area contributed by atoms with Crippen molar-refractivity contribution in [3.8, 4) is 11.6 Å². The number of hydrogen-bond donors (Lipinski definition) is 2. The minimum atomic E-state index is -0.692. The van der Waals surface area contributed by atoms with Crippen LogP contribution in [0.2, 0.25) is 0 Å². The fourth-order valence-corrected chi connectivity index (χ4v) is 3.31. The summed E-state index contributed by atoms with van der Waals surface area (Å²) in [5.74, 6) is 0.193. The molecule has 0 aliphatic carbocycles. The Labute approximate surface area is 177 Å². The predicted molar refractivity (Wildman–Crippen MR) is 120 cm³/mol. The second-order valence-corrected chi connectivity index (χ2v) is 7.44. The lowest BCUT2D eigenvalue weighted by Gasteiger charge is -2.14. The Morgan fingerprint density at radius 1 is 1.20 bits per heavy atom. The summed E-state index contributed by atoms with van der Waals surface area (Å²) >= 11 is 0. The van der Waals surface area contributed by atoms with Crippen molar-refractivity contribution in [2.45, 2.75) is 52.9 Å². The maximum Gasteiger partial charge on any atom is 0.335 e. The monoisotopic (exact) mass is 415 g/mol. The second-order valence-electron chi connectivity index (χ2n) is 7.44. The average Bonchev–Trinajstić information content (AvgIpc) is 2.73. The summed E-state index contributed by atoms with van der Waals surface area (Å²) in [4.78, 5) is 31.2. The van der Waals surface area contributed by atoms with E-state index in [0.717, 1.165) is 24.0 Å². The molecule has 0 spiro atoms. The van der Waals surface area contributed by atoms with Gasteiger partial charge < -0.3 is 9.84 Å². The molecule has 0 unspecified atom stereocenters. The standard InChI is InChI=1S/C23H33N3O4/c1-4-6-11-18(5-2)16-30-15-10-14-24-17(3)20-21(27)25-23(29)26(22(20)28)19-12-8-7-9-13-19/h7-9,12-13,18,28H,4-6,10-11,14-16H2,1-3H3,(H,25,27,29)/t18-/m1/s1. The molecule has 0 radical (unpaired) electrons. The number of ether oxygens (including phenoxy) is 1. The van der Waals surface area contributed by atoms with Gasteiger partial charge in [-0.1, -0.05) is 51.3 Å². The van der Waals surface area contributed by atoms with Gasteiger partial charge in [0.25, 0.3) is 5.56 Å². The van der Waals surface area contributed by atoms with Crippen LogP contribution in [0.25, 0.3) is 5.69 Å². The van der Waals surface area contributed by atoms with Crippen LogP contribution in [-0.2, 0) is 4.74 Å². The fourth-order valence-electron chi connectivity index (χ4n) is 3.31. The van der Waals surface area contributed by atoms with Crippen molar-refractivity contribution >= 4 is 5.71 Å². The summed E-state index contributed by atoms with van der Waals surface area (Å²) in [6, 6.07) is 8.66. The van der Waals surface area contributed by atoms with E-state index in [1.165, 1.54) is 19.3 Å². The lowest BCUT2D eigenvalue weighted by atomic mass is 10.0. The van der Waals surface area contributed by atoms with Gasteiger partial charge in [0.2, 0.25) is 5.88 Å². The maximum absolute atomic E-state index is 12.3. The van der Waals surface area contributed by atoms with E-state index in [4.69, 9.17) is 4.74 Å². The summed E-state index contributed by atoms with van der Waals surface area (Å²) in [6.07, 6.45) is 5.47. The molecule has 0 amide bonds. The van der Waals surface area contributed by atoms with Gasteiger partial charge in [0.15, 0.2) is 0 Å². The quantitative estimate of drug-likeness (QED) is 0.408. The molecule has 0 aliphatic rings. The first kappa shape index (κ1) is 23.6. The van der Waals surface area contributed by atoms with Gasteiger partial charge in [0.1, 0.15) is 5.56 Å². The molecule has 0 fully saturated rings. The third-order valence-electron chi connectivity index (χ3n) is 5.15.